The number of ether oxygens (including phenoxy) is 2. The molecular weight excluding hydrogens is 400 g/mol. The number of allylic oxidation sites excluding steroid dienone is 4. The van der Waals surface area contributed by atoms with E-state index in [1.165, 1.54) is 11.1 Å². The second kappa shape index (κ2) is 12.8. The van der Waals surface area contributed by atoms with Crippen molar-refractivity contribution in [2.45, 2.75) is 104 Å². The Kier molecular flexibility index (Phi) is 11.2. The average Bonchev–Trinajstić information content (AvgIpc) is 2.73. The fourth-order valence-corrected chi connectivity index (χ4v) is 3.99. The van der Waals surface area contributed by atoms with Crippen LogP contribution >= 0.6 is 0 Å². The van der Waals surface area contributed by atoms with Crippen LogP contribution in [0.3, 0.4) is 0 Å². The van der Waals surface area contributed by atoms with Crippen molar-refractivity contribution in [1.82, 2.24) is 0 Å². The molecule has 4 heteroatoms. The number of hydrogen-bond donors (Lipinski definition) is 0. The zero-order valence-corrected chi connectivity index (χ0v) is 21.2. The van der Waals surface area contributed by atoms with Crippen LogP contribution in [0.4, 0.5) is 0 Å². The minimum Gasteiger partial charge on any atom is -0.455 e. The van der Waals surface area contributed by atoms with Crippen LogP contribution in [0.5, 0.6) is 0 Å². The van der Waals surface area contributed by atoms with E-state index in [0.29, 0.717) is 25.7 Å². The van der Waals surface area contributed by atoms with E-state index in [1.54, 1.807) is 12.2 Å². The molecular formula is C28H44O4. The molecule has 0 aromatic rings. The maximum Gasteiger partial charge on any atom is 0.310 e. The summed E-state index contributed by atoms with van der Waals surface area (Å²) in [7, 11) is 0. The highest BCUT2D eigenvalue weighted by Gasteiger charge is 2.41. The SMILES string of the molecule is C=CC(C)(CCC=C(C)C)OC(=O)C1CCCCC1C(=O)OC(C)(C=C)CCC=C(C)C. The lowest BCUT2D eigenvalue weighted by atomic mass is 9.79. The van der Waals surface area contributed by atoms with Crippen molar-refractivity contribution in [1.29, 1.82) is 0 Å². The molecule has 1 rings (SSSR count). The first-order valence-electron chi connectivity index (χ1n) is 11.9. The summed E-state index contributed by atoms with van der Waals surface area (Å²) in [5.41, 5.74) is 0.949. The van der Waals surface area contributed by atoms with Gasteiger partial charge in [-0.15, -0.1) is 0 Å². The normalized spacial score (nSPS) is 21.8. The van der Waals surface area contributed by atoms with Crippen molar-refractivity contribution < 1.29 is 19.1 Å². The second-order valence-corrected chi connectivity index (χ2v) is 10.0. The molecule has 0 N–H and O–H groups in total. The van der Waals surface area contributed by atoms with Gasteiger partial charge in [0.05, 0.1) is 11.8 Å². The highest BCUT2D eigenvalue weighted by molar-refractivity contribution is 5.83. The van der Waals surface area contributed by atoms with Crippen molar-refractivity contribution in [2.75, 3.05) is 0 Å². The number of esters is 2. The molecule has 0 amide bonds. The van der Waals surface area contributed by atoms with Gasteiger partial charge in [0.1, 0.15) is 11.2 Å². The van der Waals surface area contributed by atoms with Crippen LogP contribution in [0.15, 0.2) is 48.6 Å². The third kappa shape index (κ3) is 9.18. The Labute approximate surface area is 195 Å². The molecule has 0 aromatic heterocycles. The molecule has 0 heterocycles. The molecule has 1 aliphatic carbocycles. The van der Waals surface area contributed by atoms with Gasteiger partial charge in [-0.3, -0.25) is 9.59 Å². The average molecular weight is 445 g/mol. The van der Waals surface area contributed by atoms with Gasteiger partial charge in [0, 0.05) is 0 Å². The summed E-state index contributed by atoms with van der Waals surface area (Å²) in [6.45, 7) is 19.7. The molecule has 0 radical (unpaired) electrons. The Morgan fingerprint density at radius 1 is 0.781 bits per heavy atom. The molecule has 0 saturated heterocycles. The molecule has 0 aliphatic heterocycles. The van der Waals surface area contributed by atoms with Crippen molar-refractivity contribution in [3.8, 4) is 0 Å². The largest absolute Gasteiger partial charge is 0.455 e. The number of carbonyl (C=O) groups is 2. The van der Waals surface area contributed by atoms with Crippen LogP contribution in [0, 0.1) is 11.8 Å². The van der Waals surface area contributed by atoms with E-state index in [1.807, 2.05) is 41.5 Å². The van der Waals surface area contributed by atoms with Crippen molar-refractivity contribution in [3.05, 3.63) is 48.6 Å². The summed E-state index contributed by atoms with van der Waals surface area (Å²) < 4.78 is 11.8. The smallest absolute Gasteiger partial charge is 0.310 e. The van der Waals surface area contributed by atoms with Gasteiger partial charge in [0.2, 0.25) is 0 Å². The van der Waals surface area contributed by atoms with Gasteiger partial charge in [-0.1, -0.05) is 49.3 Å². The highest BCUT2D eigenvalue weighted by atomic mass is 16.6. The summed E-state index contributed by atoms with van der Waals surface area (Å²) in [6, 6.07) is 0. The van der Waals surface area contributed by atoms with E-state index in [0.717, 1.165) is 25.7 Å². The minimum absolute atomic E-state index is 0.323. The lowest BCUT2D eigenvalue weighted by Gasteiger charge is -2.35. The standard InChI is InChI=1S/C28H44O4/c1-9-27(7,19-13-15-21(3)4)31-25(29)23-17-11-12-18-24(23)26(30)32-28(8,10-2)20-14-16-22(5)6/h9-10,15-16,23-24H,1-2,11-14,17-20H2,3-8H3. The van der Waals surface area contributed by atoms with Crippen LogP contribution in [0.25, 0.3) is 0 Å². The van der Waals surface area contributed by atoms with Crippen LogP contribution in [0.1, 0.15) is 92.9 Å². The predicted molar refractivity (Wildman–Crippen MR) is 132 cm³/mol. The molecule has 4 unspecified atom stereocenters. The molecule has 4 nitrogen and oxygen atoms in total. The summed E-state index contributed by atoms with van der Waals surface area (Å²) in [5, 5.41) is 0. The van der Waals surface area contributed by atoms with Crippen molar-refractivity contribution in [3.63, 3.8) is 0 Å². The maximum absolute atomic E-state index is 13.1. The Hall–Kier alpha value is -2.10. The Morgan fingerprint density at radius 3 is 1.41 bits per heavy atom. The van der Waals surface area contributed by atoms with Crippen LogP contribution in [0.2, 0.25) is 0 Å². The van der Waals surface area contributed by atoms with E-state index in [4.69, 9.17) is 9.47 Å². The predicted octanol–water partition coefficient (Wildman–Crippen LogP) is 7.26. The van der Waals surface area contributed by atoms with E-state index in [2.05, 4.69) is 25.3 Å². The molecule has 0 spiro atoms. The quantitative estimate of drug-likeness (QED) is 0.235. The fourth-order valence-electron chi connectivity index (χ4n) is 3.99. The first-order valence-corrected chi connectivity index (χ1v) is 11.9. The molecule has 0 aromatic carbocycles. The molecule has 1 saturated carbocycles. The van der Waals surface area contributed by atoms with Gasteiger partial charge in [-0.25, -0.2) is 0 Å². The van der Waals surface area contributed by atoms with Gasteiger partial charge in [-0.05, 0) is 92.2 Å². The number of rotatable bonds is 12. The van der Waals surface area contributed by atoms with E-state index >= 15 is 0 Å². The third-order valence-electron chi connectivity index (χ3n) is 6.29. The first-order chi connectivity index (χ1) is 14.9. The van der Waals surface area contributed by atoms with E-state index in [9.17, 15) is 9.59 Å². The zero-order valence-electron chi connectivity index (χ0n) is 21.2. The molecule has 32 heavy (non-hydrogen) atoms. The van der Waals surface area contributed by atoms with Crippen LogP contribution in [-0.4, -0.2) is 23.1 Å². The number of hydrogen-bond acceptors (Lipinski definition) is 4. The Balaban J connectivity index is 2.88. The van der Waals surface area contributed by atoms with Crippen molar-refractivity contribution >= 4 is 11.9 Å². The monoisotopic (exact) mass is 444 g/mol. The maximum atomic E-state index is 13.1. The number of carbonyl (C=O) groups excluding carboxylic acids is 2. The summed E-state index contributed by atoms with van der Waals surface area (Å²) in [4.78, 5) is 26.3. The molecule has 1 aliphatic rings. The molecule has 0 bridgehead atoms. The minimum atomic E-state index is -0.755. The Bertz CT molecular complexity index is 662. The van der Waals surface area contributed by atoms with E-state index in [-0.39, 0.29) is 11.9 Å². The topological polar surface area (TPSA) is 52.6 Å². The van der Waals surface area contributed by atoms with Crippen molar-refractivity contribution in [2.24, 2.45) is 11.8 Å². The fraction of sp³-hybridized carbons (Fsp3) is 0.643. The van der Waals surface area contributed by atoms with Gasteiger partial charge in [0.15, 0.2) is 0 Å². The Morgan fingerprint density at radius 2 is 1.12 bits per heavy atom. The first kappa shape index (κ1) is 27.9. The van der Waals surface area contributed by atoms with Gasteiger partial charge in [0.25, 0.3) is 0 Å². The van der Waals surface area contributed by atoms with Crippen LogP contribution in [-0.2, 0) is 19.1 Å². The van der Waals surface area contributed by atoms with Gasteiger partial charge < -0.3 is 9.47 Å². The van der Waals surface area contributed by atoms with Crippen LogP contribution < -0.4 is 0 Å². The molecule has 4 atom stereocenters. The lowest BCUT2D eigenvalue weighted by molar-refractivity contribution is -0.174. The lowest BCUT2D eigenvalue weighted by Crippen LogP contribution is -2.41. The van der Waals surface area contributed by atoms with Gasteiger partial charge >= 0.3 is 11.9 Å². The zero-order chi connectivity index (χ0) is 24.4. The summed E-state index contributed by atoms with van der Waals surface area (Å²) >= 11 is 0. The third-order valence-corrected chi connectivity index (χ3v) is 6.29. The summed E-state index contributed by atoms with van der Waals surface area (Å²) in [6.07, 6.45) is 13.7. The molecule has 180 valence electrons. The molecule has 1 fully saturated rings. The second-order valence-electron chi connectivity index (χ2n) is 10.0. The highest BCUT2D eigenvalue weighted by Crippen LogP contribution is 2.35. The summed E-state index contributed by atoms with van der Waals surface area (Å²) in [5.74, 6) is -1.61. The van der Waals surface area contributed by atoms with Gasteiger partial charge in [-0.2, -0.15) is 0 Å². The van der Waals surface area contributed by atoms with E-state index < -0.39 is 23.0 Å².